The van der Waals surface area contributed by atoms with Gasteiger partial charge in [-0.3, -0.25) is 24.1 Å². The lowest BCUT2D eigenvalue weighted by Gasteiger charge is -2.43. The number of aliphatic hydroxyl groups excluding tert-OH is 1. The topological polar surface area (TPSA) is 123 Å². The van der Waals surface area contributed by atoms with Crippen molar-refractivity contribution in [3.63, 3.8) is 0 Å². The van der Waals surface area contributed by atoms with Gasteiger partial charge in [0, 0.05) is 75.8 Å². The zero-order valence-corrected chi connectivity index (χ0v) is 23.7. The Hall–Kier alpha value is -2.98. The van der Waals surface area contributed by atoms with Gasteiger partial charge in [0.25, 0.3) is 5.91 Å². The van der Waals surface area contributed by atoms with E-state index in [9.17, 15) is 24.3 Å². The molecule has 9 atom stereocenters. The summed E-state index contributed by atoms with van der Waals surface area (Å²) in [6.45, 7) is 9.32. The van der Waals surface area contributed by atoms with Crippen LogP contribution in [-0.4, -0.2) is 95.9 Å². The van der Waals surface area contributed by atoms with E-state index in [0.717, 1.165) is 0 Å². The van der Waals surface area contributed by atoms with E-state index in [2.05, 4.69) is 4.90 Å². The van der Waals surface area contributed by atoms with Gasteiger partial charge in [-0.05, 0) is 24.5 Å². The van der Waals surface area contributed by atoms with Crippen molar-refractivity contribution >= 4 is 23.8 Å². The molecular weight excluding hydrogens is 516 g/mol. The highest BCUT2D eigenvalue weighted by Gasteiger charge is 2.67. The van der Waals surface area contributed by atoms with Gasteiger partial charge in [-0.15, -0.1) is 0 Å². The summed E-state index contributed by atoms with van der Waals surface area (Å²) < 4.78 is 17.3. The minimum absolute atomic E-state index is 0.00665. The standard InChI is InChI=1S/C30H40N2O8/c1-17-14-22-25(27(35)30(4)24(39-19(3)34)15-23(26(17)30)38-18(2)33)21(29(37)40-22)16-31-10-12-32(13-11-31)28(36)20-8-6-5-7-9-20/h5-9,17,21-27,35H,10-16H2,1-4H3/t17-,21-,22+,23-,24-,25+,26-,27-,30-/m0/s1. The molecule has 40 heavy (non-hydrogen) atoms. The first-order valence-corrected chi connectivity index (χ1v) is 14.3. The fourth-order valence-corrected chi connectivity index (χ4v) is 7.96. The van der Waals surface area contributed by atoms with Crippen molar-refractivity contribution in [2.75, 3.05) is 32.7 Å². The average Bonchev–Trinajstić information content (AvgIpc) is 3.33. The molecule has 1 aromatic rings. The zero-order valence-electron chi connectivity index (χ0n) is 23.7. The number of hydrogen-bond donors (Lipinski definition) is 1. The first-order valence-electron chi connectivity index (χ1n) is 14.3. The van der Waals surface area contributed by atoms with E-state index >= 15 is 0 Å². The number of amides is 1. The van der Waals surface area contributed by atoms with E-state index in [4.69, 9.17) is 14.2 Å². The van der Waals surface area contributed by atoms with Gasteiger partial charge in [-0.2, -0.15) is 0 Å². The Kier molecular flexibility index (Phi) is 7.94. The maximum atomic E-state index is 13.2. The molecule has 10 heteroatoms. The molecule has 5 rings (SSSR count). The largest absolute Gasteiger partial charge is 0.462 e. The van der Waals surface area contributed by atoms with Crippen molar-refractivity contribution < 1.29 is 38.5 Å². The van der Waals surface area contributed by atoms with Crippen molar-refractivity contribution in [2.24, 2.45) is 29.1 Å². The van der Waals surface area contributed by atoms with Crippen LogP contribution in [0.15, 0.2) is 30.3 Å². The number of esters is 3. The number of fused-ring (bicyclic) bond motifs is 2. The van der Waals surface area contributed by atoms with Gasteiger partial charge in [0.1, 0.15) is 18.3 Å². The van der Waals surface area contributed by atoms with Crippen LogP contribution in [0.5, 0.6) is 0 Å². The monoisotopic (exact) mass is 556 g/mol. The van der Waals surface area contributed by atoms with E-state index in [-0.39, 0.29) is 23.7 Å². The molecule has 1 aromatic carbocycles. The summed E-state index contributed by atoms with van der Waals surface area (Å²) in [5.74, 6) is -2.61. The van der Waals surface area contributed by atoms with Gasteiger partial charge >= 0.3 is 17.9 Å². The molecule has 2 saturated heterocycles. The highest BCUT2D eigenvalue weighted by molar-refractivity contribution is 5.94. The molecule has 1 amide bonds. The summed E-state index contributed by atoms with van der Waals surface area (Å²) in [7, 11) is 0. The number of benzene rings is 1. The first-order chi connectivity index (χ1) is 19.0. The van der Waals surface area contributed by atoms with Crippen LogP contribution in [0, 0.1) is 29.1 Å². The molecule has 1 N–H and O–H groups in total. The Morgan fingerprint density at radius 2 is 1.68 bits per heavy atom. The van der Waals surface area contributed by atoms with Gasteiger partial charge in [0.15, 0.2) is 0 Å². The number of rotatable bonds is 5. The SMILES string of the molecule is CC(=O)O[C@H]1C[C@H](OC(C)=O)[C@@]2(C)[C@H]1[C@@H](C)C[C@H]1OC(=O)[C@@H](CN3CCN(C(=O)c4ccccc4)CC3)[C@H]1[C@@H]2O. The molecule has 0 unspecified atom stereocenters. The van der Waals surface area contributed by atoms with Crippen LogP contribution >= 0.6 is 0 Å². The predicted octanol–water partition coefficient (Wildman–Crippen LogP) is 1.89. The third kappa shape index (κ3) is 5.11. The smallest absolute Gasteiger partial charge is 0.311 e. The highest BCUT2D eigenvalue weighted by Crippen LogP contribution is 2.59. The zero-order chi connectivity index (χ0) is 28.8. The Morgan fingerprint density at radius 3 is 2.30 bits per heavy atom. The number of aliphatic hydroxyl groups is 1. The molecule has 0 bridgehead atoms. The number of carbonyl (C=O) groups is 4. The summed E-state index contributed by atoms with van der Waals surface area (Å²) >= 11 is 0. The van der Waals surface area contributed by atoms with Crippen LogP contribution in [0.25, 0.3) is 0 Å². The molecule has 2 heterocycles. The Morgan fingerprint density at radius 1 is 1.02 bits per heavy atom. The van der Waals surface area contributed by atoms with E-state index in [1.807, 2.05) is 49.1 Å². The van der Waals surface area contributed by atoms with Gasteiger partial charge in [0.2, 0.25) is 0 Å². The van der Waals surface area contributed by atoms with E-state index in [1.54, 1.807) is 0 Å². The van der Waals surface area contributed by atoms with Crippen molar-refractivity contribution in [1.29, 1.82) is 0 Å². The van der Waals surface area contributed by atoms with Crippen LogP contribution in [0.4, 0.5) is 0 Å². The first kappa shape index (κ1) is 28.5. The van der Waals surface area contributed by atoms with Gasteiger partial charge in [-0.1, -0.05) is 32.0 Å². The second-order valence-electron chi connectivity index (χ2n) is 12.1. The predicted molar refractivity (Wildman–Crippen MR) is 143 cm³/mol. The lowest BCUT2D eigenvalue weighted by Crippen LogP contribution is -2.54. The molecule has 4 aliphatic rings. The van der Waals surface area contributed by atoms with Crippen LogP contribution < -0.4 is 0 Å². The third-order valence-corrected chi connectivity index (χ3v) is 9.70. The molecule has 0 aromatic heterocycles. The lowest BCUT2D eigenvalue weighted by atomic mass is 9.66. The van der Waals surface area contributed by atoms with E-state index < -0.39 is 53.6 Å². The third-order valence-electron chi connectivity index (χ3n) is 9.70. The number of ether oxygens (including phenoxy) is 3. The summed E-state index contributed by atoms with van der Waals surface area (Å²) in [5, 5.41) is 12.1. The molecule has 2 aliphatic heterocycles. The normalized spacial score (nSPS) is 37.6. The number of piperazine rings is 1. The molecule has 0 spiro atoms. The minimum atomic E-state index is -1.02. The number of hydrogen-bond acceptors (Lipinski definition) is 9. The van der Waals surface area contributed by atoms with E-state index in [1.165, 1.54) is 13.8 Å². The fourth-order valence-electron chi connectivity index (χ4n) is 7.96. The molecule has 218 valence electrons. The molecule has 2 aliphatic carbocycles. The van der Waals surface area contributed by atoms with Gasteiger partial charge in [0.05, 0.1) is 12.0 Å². The van der Waals surface area contributed by atoms with Crippen molar-refractivity contribution in [3.05, 3.63) is 35.9 Å². The number of carbonyl (C=O) groups excluding carboxylic acids is 4. The molecule has 0 radical (unpaired) electrons. The maximum absolute atomic E-state index is 13.2. The molecule has 10 nitrogen and oxygen atoms in total. The minimum Gasteiger partial charge on any atom is -0.462 e. The van der Waals surface area contributed by atoms with Crippen LogP contribution in [0.1, 0.15) is 50.9 Å². The summed E-state index contributed by atoms with van der Waals surface area (Å²) in [6.07, 6.45) is -1.86. The summed E-state index contributed by atoms with van der Waals surface area (Å²) in [5.41, 5.74) is -0.278. The Labute approximate surface area is 234 Å². The maximum Gasteiger partial charge on any atom is 0.311 e. The van der Waals surface area contributed by atoms with Gasteiger partial charge < -0.3 is 24.2 Å². The van der Waals surface area contributed by atoms with Crippen molar-refractivity contribution in [2.45, 2.75) is 65.0 Å². The van der Waals surface area contributed by atoms with Crippen molar-refractivity contribution in [3.8, 4) is 0 Å². The lowest BCUT2D eigenvalue weighted by molar-refractivity contribution is -0.165. The molecule has 2 saturated carbocycles. The van der Waals surface area contributed by atoms with Crippen LogP contribution in [-0.2, 0) is 28.6 Å². The Bertz CT molecular complexity index is 1140. The van der Waals surface area contributed by atoms with E-state index in [0.29, 0.717) is 51.1 Å². The average molecular weight is 557 g/mol. The quantitative estimate of drug-likeness (QED) is 0.428. The second-order valence-corrected chi connectivity index (χ2v) is 12.1. The highest BCUT2D eigenvalue weighted by atomic mass is 16.6. The number of nitrogens with zero attached hydrogens (tertiary/aromatic N) is 2. The second kappa shape index (κ2) is 11.1. The fraction of sp³-hybridized carbons (Fsp3) is 0.667. The van der Waals surface area contributed by atoms with Crippen LogP contribution in [0.3, 0.4) is 0 Å². The summed E-state index contributed by atoms with van der Waals surface area (Å²) in [4.78, 5) is 54.1. The molecule has 4 fully saturated rings. The Balaban J connectivity index is 1.34. The summed E-state index contributed by atoms with van der Waals surface area (Å²) in [6, 6.07) is 9.19. The van der Waals surface area contributed by atoms with Gasteiger partial charge in [-0.25, -0.2) is 0 Å². The molecular formula is C30H40N2O8. The van der Waals surface area contributed by atoms with Crippen molar-refractivity contribution in [1.82, 2.24) is 9.80 Å². The van der Waals surface area contributed by atoms with Crippen LogP contribution in [0.2, 0.25) is 0 Å².